The molecule has 2 heterocycles. The summed E-state index contributed by atoms with van der Waals surface area (Å²) in [5.41, 5.74) is 1.79. The number of aromatic nitrogens is 1. The Balaban J connectivity index is 1.96. The molecule has 0 bridgehead atoms. The third-order valence-corrected chi connectivity index (χ3v) is 7.16. The molecule has 0 radical (unpaired) electrons. The number of benzene rings is 2. The van der Waals surface area contributed by atoms with E-state index in [1.54, 1.807) is 57.4 Å². The molecule has 0 fully saturated rings. The number of halogens is 1. The number of ether oxygens (including phenoxy) is 4. The van der Waals surface area contributed by atoms with Crippen LogP contribution in [0.5, 0.6) is 17.2 Å². The fourth-order valence-corrected chi connectivity index (χ4v) is 5.59. The first kappa shape index (κ1) is 28.4. The third-order valence-electron chi connectivity index (χ3n) is 5.94. The number of fused-ring (bicyclic) bond motifs is 1. The minimum atomic E-state index is -0.782. The van der Waals surface area contributed by atoms with E-state index in [9.17, 15) is 9.59 Å². The summed E-state index contributed by atoms with van der Waals surface area (Å²) in [5, 5.41) is 0.520. The summed E-state index contributed by atoms with van der Waals surface area (Å²) in [6, 6.07) is 9.85. The monoisotopic (exact) mass is 570 g/mol. The van der Waals surface area contributed by atoms with E-state index in [1.807, 2.05) is 26.8 Å². The van der Waals surface area contributed by atoms with Crippen LogP contribution in [0, 0.1) is 0 Å². The number of thiazole rings is 1. The zero-order chi connectivity index (χ0) is 28.3. The maximum atomic E-state index is 13.9. The average Bonchev–Trinajstić information content (AvgIpc) is 3.19. The molecule has 0 saturated heterocycles. The van der Waals surface area contributed by atoms with E-state index in [0.29, 0.717) is 55.0 Å². The van der Waals surface area contributed by atoms with Crippen molar-refractivity contribution >= 4 is 35.0 Å². The number of rotatable bonds is 9. The SMILES string of the molecule is CCOC(=O)C1=C(C)N=c2s/c(=C/c3cc(Cl)ccc3OCC)c(=O)n2[C@H]1c1ccc(OC(C)C)c(OC)c1. The Morgan fingerprint density at radius 3 is 2.54 bits per heavy atom. The summed E-state index contributed by atoms with van der Waals surface area (Å²) in [6.07, 6.45) is 1.68. The minimum absolute atomic E-state index is 0.0623. The molecule has 206 valence electrons. The van der Waals surface area contributed by atoms with Crippen LogP contribution in [0.1, 0.15) is 51.8 Å². The van der Waals surface area contributed by atoms with Crippen molar-refractivity contribution in [3.8, 4) is 17.2 Å². The largest absolute Gasteiger partial charge is 0.493 e. The van der Waals surface area contributed by atoms with Gasteiger partial charge < -0.3 is 18.9 Å². The van der Waals surface area contributed by atoms with E-state index in [0.717, 1.165) is 0 Å². The molecule has 2 aromatic carbocycles. The fraction of sp³-hybridized carbons (Fsp3) is 0.345. The first-order valence-corrected chi connectivity index (χ1v) is 13.8. The molecule has 4 rings (SSSR count). The summed E-state index contributed by atoms with van der Waals surface area (Å²) in [6.45, 7) is 9.86. The lowest BCUT2D eigenvalue weighted by molar-refractivity contribution is -0.139. The molecule has 3 aromatic rings. The van der Waals surface area contributed by atoms with Crippen LogP contribution < -0.4 is 29.1 Å². The van der Waals surface area contributed by atoms with Gasteiger partial charge in [0.05, 0.1) is 48.3 Å². The molecular weight excluding hydrogens is 540 g/mol. The lowest BCUT2D eigenvalue weighted by Gasteiger charge is -2.25. The molecule has 1 aromatic heterocycles. The van der Waals surface area contributed by atoms with Gasteiger partial charge in [-0.25, -0.2) is 9.79 Å². The maximum absolute atomic E-state index is 13.9. The van der Waals surface area contributed by atoms with Gasteiger partial charge in [0.25, 0.3) is 5.56 Å². The first-order valence-electron chi connectivity index (χ1n) is 12.6. The highest BCUT2D eigenvalue weighted by Crippen LogP contribution is 2.36. The first-order chi connectivity index (χ1) is 18.7. The quantitative estimate of drug-likeness (QED) is 0.348. The molecule has 0 spiro atoms. The average molecular weight is 571 g/mol. The summed E-state index contributed by atoms with van der Waals surface area (Å²) in [7, 11) is 1.55. The third kappa shape index (κ3) is 5.89. The normalized spacial score (nSPS) is 15.2. The van der Waals surface area contributed by atoms with Gasteiger partial charge in [0.15, 0.2) is 16.3 Å². The smallest absolute Gasteiger partial charge is 0.338 e. The summed E-state index contributed by atoms with van der Waals surface area (Å²) < 4.78 is 24.6. The van der Waals surface area contributed by atoms with Gasteiger partial charge in [-0.2, -0.15) is 0 Å². The van der Waals surface area contributed by atoms with Gasteiger partial charge >= 0.3 is 5.97 Å². The number of esters is 1. The lowest BCUT2D eigenvalue weighted by Crippen LogP contribution is -2.40. The van der Waals surface area contributed by atoms with Gasteiger partial charge in [-0.05, 0) is 76.6 Å². The number of allylic oxidation sites excluding steroid dienone is 1. The van der Waals surface area contributed by atoms with E-state index in [2.05, 4.69) is 4.99 Å². The Kier molecular flexibility index (Phi) is 8.82. The molecule has 0 unspecified atom stereocenters. The second-order valence-corrected chi connectivity index (χ2v) is 10.4. The summed E-state index contributed by atoms with van der Waals surface area (Å²) >= 11 is 7.48. The molecular formula is C29H31ClN2O6S. The zero-order valence-corrected chi connectivity index (χ0v) is 24.3. The van der Waals surface area contributed by atoms with E-state index >= 15 is 0 Å². The number of nitrogens with zero attached hydrogens (tertiary/aromatic N) is 2. The second kappa shape index (κ2) is 12.1. The number of hydrogen-bond donors (Lipinski definition) is 0. The van der Waals surface area contributed by atoms with Crippen molar-refractivity contribution < 1.29 is 23.7 Å². The van der Waals surface area contributed by atoms with Gasteiger partial charge in [0.1, 0.15) is 5.75 Å². The molecule has 0 aliphatic carbocycles. The molecule has 1 aliphatic heterocycles. The Labute approximate surface area is 235 Å². The highest BCUT2D eigenvalue weighted by Gasteiger charge is 2.34. The molecule has 1 atom stereocenters. The topological polar surface area (TPSA) is 88.4 Å². The Hall–Kier alpha value is -3.56. The van der Waals surface area contributed by atoms with E-state index in [-0.39, 0.29) is 23.8 Å². The molecule has 0 N–H and O–H groups in total. The molecule has 10 heteroatoms. The predicted octanol–water partition coefficient (Wildman–Crippen LogP) is 4.65. The zero-order valence-electron chi connectivity index (χ0n) is 22.7. The van der Waals surface area contributed by atoms with Crippen molar-refractivity contribution in [1.29, 1.82) is 0 Å². The van der Waals surface area contributed by atoms with Crippen molar-refractivity contribution in [2.45, 2.75) is 46.8 Å². The van der Waals surface area contributed by atoms with Gasteiger partial charge in [-0.1, -0.05) is 29.0 Å². The van der Waals surface area contributed by atoms with Crippen molar-refractivity contribution in [2.75, 3.05) is 20.3 Å². The molecule has 1 aliphatic rings. The van der Waals surface area contributed by atoms with E-state index < -0.39 is 12.0 Å². The standard InChI is InChI=1S/C29H31ClN2O6S/c1-7-36-21-12-10-20(30)13-19(21)15-24-27(33)32-26(18-9-11-22(38-16(3)4)23(14-18)35-6)25(28(34)37-8-2)17(5)31-29(32)39-24/h9-16,26H,7-8H2,1-6H3/b24-15+/t26-/m0/s1. The highest BCUT2D eigenvalue weighted by molar-refractivity contribution is 7.07. The van der Waals surface area contributed by atoms with Crippen molar-refractivity contribution in [3.63, 3.8) is 0 Å². The van der Waals surface area contributed by atoms with Crippen LogP contribution in [0.3, 0.4) is 0 Å². The minimum Gasteiger partial charge on any atom is -0.493 e. The van der Waals surface area contributed by atoms with Crippen LogP contribution in [0.4, 0.5) is 0 Å². The van der Waals surface area contributed by atoms with Crippen LogP contribution in [-0.2, 0) is 9.53 Å². The van der Waals surface area contributed by atoms with Crippen LogP contribution >= 0.6 is 22.9 Å². The molecule has 0 amide bonds. The van der Waals surface area contributed by atoms with Gasteiger partial charge in [-0.3, -0.25) is 9.36 Å². The highest BCUT2D eigenvalue weighted by atomic mass is 35.5. The lowest BCUT2D eigenvalue weighted by atomic mass is 9.95. The van der Waals surface area contributed by atoms with Gasteiger partial charge in [0, 0.05) is 10.6 Å². The second-order valence-electron chi connectivity index (χ2n) is 8.99. The van der Waals surface area contributed by atoms with Crippen LogP contribution in [0.25, 0.3) is 6.08 Å². The Bertz CT molecular complexity index is 1600. The molecule has 39 heavy (non-hydrogen) atoms. The number of hydrogen-bond acceptors (Lipinski definition) is 8. The summed E-state index contributed by atoms with van der Waals surface area (Å²) in [4.78, 5) is 32.2. The van der Waals surface area contributed by atoms with Gasteiger partial charge in [0.2, 0.25) is 0 Å². The summed E-state index contributed by atoms with van der Waals surface area (Å²) in [5.74, 6) is 1.12. The van der Waals surface area contributed by atoms with E-state index in [4.69, 9.17) is 30.5 Å². The molecule has 8 nitrogen and oxygen atoms in total. The number of carbonyl (C=O) groups excluding carboxylic acids is 1. The maximum Gasteiger partial charge on any atom is 0.338 e. The predicted molar refractivity (Wildman–Crippen MR) is 152 cm³/mol. The van der Waals surface area contributed by atoms with E-state index in [1.165, 1.54) is 15.9 Å². The van der Waals surface area contributed by atoms with Gasteiger partial charge in [-0.15, -0.1) is 0 Å². The van der Waals surface area contributed by atoms with Crippen LogP contribution in [0.2, 0.25) is 5.02 Å². The van der Waals surface area contributed by atoms with Crippen molar-refractivity contribution in [2.24, 2.45) is 4.99 Å². The molecule has 0 saturated carbocycles. The number of methoxy groups -OCH3 is 1. The van der Waals surface area contributed by atoms with Crippen LogP contribution in [-0.4, -0.2) is 37.0 Å². The Morgan fingerprint density at radius 1 is 1.13 bits per heavy atom. The van der Waals surface area contributed by atoms with Crippen LogP contribution in [0.15, 0.2) is 57.5 Å². The number of carbonyl (C=O) groups is 1. The fourth-order valence-electron chi connectivity index (χ4n) is 4.37. The van der Waals surface area contributed by atoms with Crippen molar-refractivity contribution in [3.05, 3.63) is 83.5 Å². The van der Waals surface area contributed by atoms with Crippen molar-refractivity contribution in [1.82, 2.24) is 4.57 Å². The Morgan fingerprint density at radius 2 is 1.87 bits per heavy atom.